The van der Waals surface area contributed by atoms with E-state index in [9.17, 15) is 4.79 Å². The molecular weight excluding hydrogens is 282 g/mol. The predicted molar refractivity (Wildman–Crippen MR) is 82.2 cm³/mol. The van der Waals surface area contributed by atoms with Crippen LogP contribution in [0, 0.1) is 0 Å². The highest BCUT2D eigenvalue weighted by Gasteiger charge is 2.32. The van der Waals surface area contributed by atoms with Gasteiger partial charge in [-0.05, 0) is 31.6 Å². The van der Waals surface area contributed by atoms with E-state index >= 15 is 0 Å². The van der Waals surface area contributed by atoms with Crippen molar-refractivity contribution in [1.82, 2.24) is 15.1 Å². The minimum absolute atomic E-state index is 0. The first-order valence-corrected chi connectivity index (χ1v) is 8.24. The highest BCUT2D eigenvalue weighted by molar-refractivity contribution is 8.00. The van der Waals surface area contributed by atoms with Gasteiger partial charge < -0.3 is 10.2 Å². The summed E-state index contributed by atoms with van der Waals surface area (Å²) in [6.07, 6.45) is 3.58. The van der Waals surface area contributed by atoms with Crippen molar-refractivity contribution < 1.29 is 4.79 Å². The molecular formula is C13H24ClN3OS. The Balaban J connectivity index is 0.00000133. The molecule has 3 fully saturated rings. The Morgan fingerprint density at radius 3 is 2.53 bits per heavy atom. The Morgan fingerprint density at radius 1 is 1.16 bits per heavy atom. The maximum Gasteiger partial charge on any atom is 0.235 e. The fourth-order valence-corrected chi connectivity index (χ4v) is 4.48. The van der Waals surface area contributed by atoms with Gasteiger partial charge in [-0.15, -0.1) is 24.2 Å². The molecule has 0 aromatic rings. The minimum atomic E-state index is 0. The summed E-state index contributed by atoms with van der Waals surface area (Å²) < 4.78 is 0. The van der Waals surface area contributed by atoms with Crippen LogP contribution in [0.2, 0.25) is 0 Å². The van der Waals surface area contributed by atoms with Crippen LogP contribution in [0.4, 0.5) is 0 Å². The summed E-state index contributed by atoms with van der Waals surface area (Å²) in [6.45, 7) is 6.29. The summed E-state index contributed by atoms with van der Waals surface area (Å²) in [6, 6.07) is 0.711. The molecule has 0 aromatic carbocycles. The second-order valence-electron chi connectivity index (χ2n) is 5.51. The number of halogens is 1. The second kappa shape index (κ2) is 7.16. The van der Waals surface area contributed by atoms with E-state index in [1.165, 1.54) is 18.6 Å². The number of nitrogens with zero attached hydrogens (tertiary/aromatic N) is 2. The van der Waals surface area contributed by atoms with Crippen molar-refractivity contribution in [2.75, 3.05) is 45.0 Å². The molecule has 0 bridgehead atoms. The van der Waals surface area contributed by atoms with Crippen LogP contribution in [0.3, 0.4) is 0 Å². The molecule has 3 aliphatic rings. The summed E-state index contributed by atoms with van der Waals surface area (Å²) in [7, 11) is 0. The zero-order valence-electron chi connectivity index (χ0n) is 11.3. The number of rotatable bonds is 2. The molecule has 6 heteroatoms. The number of nitrogens with one attached hydrogen (secondary N) is 1. The number of piperazine rings is 1. The molecule has 4 nitrogen and oxygen atoms in total. The van der Waals surface area contributed by atoms with Crippen LogP contribution in [0.5, 0.6) is 0 Å². The SMILES string of the molecule is Cl.O=C(C1CCCS1)N1CCN(C2CCNC2)CC1. The van der Waals surface area contributed by atoms with Crippen molar-refractivity contribution >= 4 is 30.1 Å². The Kier molecular flexibility index (Phi) is 5.81. The van der Waals surface area contributed by atoms with E-state index in [0.29, 0.717) is 11.9 Å². The van der Waals surface area contributed by atoms with Crippen LogP contribution in [0.1, 0.15) is 19.3 Å². The van der Waals surface area contributed by atoms with Gasteiger partial charge in [-0.2, -0.15) is 0 Å². The van der Waals surface area contributed by atoms with Gasteiger partial charge in [-0.1, -0.05) is 0 Å². The molecule has 0 spiro atoms. The molecule has 3 saturated heterocycles. The van der Waals surface area contributed by atoms with Crippen LogP contribution in [-0.4, -0.2) is 72.0 Å². The normalized spacial score (nSPS) is 32.3. The Labute approximate surface area is 126 Å². The van der Waals surface area contributed by atoms with Gasteiger partial charge in [0.1, 0.15) is 0 Å². The molecule has 0 aromatic heterocycles. The zero-order chi connectivity index (χ0) is 12.4. The van der Waals surface area contributed by atoms with Crippen LogP contribution < -0.4 is 5.32 Å². The molecule has 3 aliphatic heterocycles. The van der Waals surface area contributed by atoms with Gasteiger partial charge in [0.25, 0.3) is 0 Å². The number of carbonyl (C=O) groups excluding carboxylic acids is 1. The lowest BCUT2D eigenvalue weighted by Crippen LogP contribution is -2.53. The number of carbonyl (C=O) groups is 1. The van der Waals surface area contributed by atoms with Crippen LogP contribution in [0.15, 0.2) is 0 Å². The molecule has 2 unspecified atom stereocenters. The third kappa shape index (κ3) is 3.57. The molecule has 3 heterocycles. The van der Waals surface area contributed by atoms with Crippen molar-refractivity contribution in [3.05, 3.63) is 0 Å². The Morgan fingerprint density at radius 2 is 1.95 bits per heavy atom. The van der Waals surface area contributed by atoms with Crippen LogP contribution in [-0.2, 0) is 4.79 Å². The van der Waals surface area contributed by atoms with Gasteiger partial charge in [-0.3, -0.25) is 9.69 Å². The third-order valence-corrected chi connectivity index (χ3v) is 5.75. The lowest BCUT2D eigenvalue weighted by atomic mass is 10.1. The number of amides is 1. The summed E-state index contributed by atoms with van der Waals surface area (Å²) in [5.74, 6) is 1.58. The third-order valence-electron chi connectivity index (χ3n) is 4.38. The summed E-state index contributed by atoms with van der Waals surface area (Å²) in [4.78, 5) is 17.0. The molecule has 1 N–H and O–H groups in total. The highest BCUT2D eigenvalue weighted by Crippen LogP contribution is 2.28. The largest absolute Gasteiger partial charge is 0.339 e. The predicted octanol–water partition coefficient (Wildman–Crippen LogP) is 0.810. The van der Waals surface area contributed by atoms with Crippen LogP contribution >= 0.6 is 24.2 Å². The van der Waals surface area contributed by atoms with Gasteiger partial charge in [-0.25, -0.2) is 0 Å². The van der Waals surface area contributed by atoms with Gasteiger partial charge in [0, 0.05) is 38.8 Å². The van der Waals surface area contributed by atoms with Crippen molar-refractivity contribution in [2.24, 2.45) is 0 Å². The second-order valence-corrected chi connectivity index (χ2v) is 6.82. The summed E-state index contributed by atoms with van der Waals surface area (Å²) in [5, 5.41) is 3.69. The minimum Gasteiger partial charge on any atom is -0.339 e. The lowest BCUT2D eigenvalue weighted by molar-refractivity contribution is -0.132. The first-order chi connectivity index (χ1) is 8.84. The van der Waals surface area contributed by atoms with Crippen LogP contribution in [0.25, 0.3) is 0 Å². The molecule has 19 heavy (non-hydrogen) atoms. The topological polar surface area (TPSA) is 35.6 Å². The number of hydrogen-bond donors (Lipinski definition) is 1. The van der Waals surface area contributed by atoms with Gasteiger partial charge in [0.15, 0.2) is 0 Å². The van der Waals surface area contributed by atoms with Gasteiger partial charge >= 0.3 is 0 Å². The van der Waals surface area contributed by atoms with E-state index in [2.05, 4.69) is 15.1 Å². The monoisotopic (exact) mass is 305 g/mol. The van der Waals surface area contributed by atoms with Crippen molar-refractivity contribution in [3.63, 3.8) is 0 Å². The van der Waals surface area contributed by atoms with Crippen molar-refractivity contribution in [2.45, 2.75) is 30.6 Å². The summed E-state index contributed by atoms with van der Waals surface area (Å²) in [5.41, 5.74) is 0. The molecule has 110 valence electrons. The Hall–Kier alpha value is 0.0300. The fourth-order valence-electron chi connectivity index (χ4n) is 3.23. The lowest BCUT2D eigenvalue weighted by Gasteiger charge is -2.38. The van der Waals surface area contributed by atoms with E-state index in [-0.39, 0.29) is 17.7 Å². The molecule has 0 radical (unpaired) electrons. The maximum absolute atomic E-state index is 12.3. The number of thioether (sulfide) groups is 1. The fraction of sp³-hybridized carbons (Fsp3) is 0.923. The van der Waals surface area contributed by atoms with E-state index < -0.39 is 0 Å². The average molecular weight is 306 g/mol. The highest BCUT2D eigenvalue weighted by atomic mass is 35.5. The van der Waals surface area contributed by atoms with Gasteiger partial charge in [0.05, 0.1) is 5.25 Å². The van der Waals surface area contributed by atoms with Crippen molar-refractivity contribution in [3.8, 4) is 0 Å². The standard InChI is InChI=1S/C13H23N3OS.ClH/c17-13(12-2-1-9-18-12)16-7-5-15(6-8-16)11-3-4-14-10-11;/h11-12,14H,1-10H2;1H. The van der Waals surface area contributed by atoms with Crippen molar-refractivity contribution in [1.29, 1.82) is 0 Å². The first-order valence-electron chi connectivity index (χ1n) is 7.20. The van der Waals surface area contributed by atoms with E-state index in [1.54, 1.807) is 0 Å². The molecule has 0 aliphatic carbocycles. The molecule has 2 atom stereocenters. The average Bonchev–Trinajstić information content (AvgIpc) is 3.11. The summed E-state index contributed by atoms with van der Waals surface area (Å²) >= 11 is 1.86. The quantitative estimate of drug-likeness (QED) is 0.819. The molecule has 3 rings (SSSR count). The molecule has 0 saturated carbocycles. The van der Waals surface area contributed by atoms with E-state index in [0.717, 1.165) is 45.7 Å². The maximum atomic E-state index is 12.3. The zero-order valence-corrected chi connectivity index (χ0v) is 13.0. The molecule has 1 amide bonds. The van der Waals surface area contributed by atoms with E-state index in [1.807, 2.05) is 11.8 Å². The smallest absolute Gasteiger partial charge is 0.235 e. The first kappa shape index (κ1) is 15.4. The Bertz CT molecular complexity index is 298. The number of hydrogen-bond acceptors (Lipinski definition) is 4. The van der Waals surface area contributed by atoms with E-state index in [4.69, 9.17) is 0 Å². The van der Waals surface area contributed by atoms with Gasteiger partial charge in [0.2, 0.25) is 5.91 Å².